The first-order chi connectivity index (χ1) is 46.2. The number of hydrogen-bond acceptors (Lipinski definition) is 21. The van der Waals surface area contributed by atoms with Crippen molar-refractivity contribution < 1.29 is 90.7 Å². The lowest BCUT2D eigenvalue weighted by Crippen LogP contribution is -2.69. The first kappa shape index (κ1) is 67.0. The van der Waals surface area contributed by atoms with Gasteiger partial charge in [0.2, 0.25) is 12.7 Å². The van der Waals surface area contributed by atoms with Gasteiger partial charge in [-0.15, -0.1) is 0 Å². The van der Waals surface area contributed by atoms with Crippen molar-refractivity contribution in [3.63, 3.8) is 0 Å². The quantitative estimate of drug-likeness (QED) is 0.0101. The summed E-state index contributed by atoms with van der Waals surface area (Å²) in [6, 6.07) is 28.0. The van der Waals surface area contributed by atoms with Crippen molar-refractivity contribution in [3.8, 4) is 45.9 Å². The molecule has 6 unspecified atom stereocenters. The molecule has 12 rings (SSSR count). The molecule has 5 N–H and O–H groups in total. The van der Waals surface area contributed by atoms with Crippen molar-refractivity contribution >= 4 is 76.9 Å². The average Bonchev–Trinajstić information content (AvgIpc) is 0.848. The van der Waals surface area contributed by atoms with Gasteiger partial charge in [-0.3, -0.25) is 43.3 Å². The second-order valence-corrected chi connectivity index (χ2v) is 27.2. The molecule has 96 heavy (non-hydrogen) atoms. The Labute approximate surface area is 558 Å². The maximum absolute atomic E-state index is 15.6. The van der Waals surface area contributed by atoms with E-state index in [-0.39, 0.29) is 98.2 Å². The van der Waals surface area contributed by atoms with Crippen LogP contribution in [-0.4, -0.2) is 168 Å². The number of carbonyl (C=O) groups is 7. The molecule has 500 valence electrons. The zero-order valence-corrected chi connectivity index (χ0v) is 55.0. The van der Waals surface area contributed by atoms with Gasteiger partial charge in [-0.05, 0) is 91.4 Å². The normalized spacial score (nSPS) is 19.1. The molecule has 0 radical (unpaired) electrons. The van der Waals surface area contributed by atoms with Crippen LogP contribution < -0.4 is 39.2 Å². The number of carboxylic acids is 1. The molecule has 5 aliphatic heterocycles. The Morgan fingerprint density at radius 1 is 0.833 bits per heavy atom. The maximum Gasteiger partial charge on any atom is 0.469 e. The molecule has 0 spiro atoms. The van der Waals surface area contributed by atoms with Crippen molar-refractivity contribution in [2.75, 3.05) is 77.7 Å². The van der Waals surface area contributed by atoms with Gasteiger partial charge in [-0.1, -0.05) is 100 Å². The summed E-state index contributed by atoms with van der Waals surface area (Å²) in [5, 5.41) is 26.3. The summed E-state index contributed by atoms with van der Waals surface area (Å²) < 4.78 is 58.6. The van der Waals surface area contributed by atoms with Crippen LogP contribution in [0, 0.1) is 25.2 Å². The summed E-state index contributed by atoms with van der Waals surface area (Å²) in [6.45, 7) is 2.10. The number of carbonyl (C=O) groups excluding carboxylic acids is 6. The zero-order chi connectivity index (χ0) is 67.9. The molecule has 5 amide bonds. The van der Waals surface area contributed by atoms with E-state index in [0.717, 1.165) is 54.3 Å². The van der Waals surface area contributed by atoms with E-state index in [4.69, 9.17) is 33.2 Å². The number of nitriles is 1. The molecule has 6 aromatic carbocycles. The number of phosphoric acid groups is 1. The number of piperazine rings is 1. The van der Waals surface area contributed by atoms with Gasteiger partial charge in [-0.25, -0.2) is 18.9 Å². The smallest absolute Gasteiger partial charge is 0.469 e. The van der Waals surface area contributed by atoms with Crippen LogP contribution in [0.15, 0.2) is 108 Å². The van der Waals surface area contributed by atoms with Crippen LogP contribution >= 0.6 is 29.4 Å². The number of nitrogens with one attached hydrogen (secondary N) is 2. The van der Waals surface area contributed by atoms with E-state index in [1.807, 2.05) is 71.4 Å². The molecule has 26 nitrogen and oxygen atoms in total. The molecule has 0 saturated carbocycles. The first-order valence-electron chi connectivity index (χ1n) is 30.6. The van der Waals surface area contributed by atoms with E-state index in [2.05, 4.69) is 21.2 Å². The molecule has 6 atom stereocenters. The van der Waals surface area contributed by atoms with Crippen LogP contribution in [0.4, 0.5) is 15.3 Å². The van der Waals surface area contributed by atoms with Gasteiger partial charge in [0.1, 0.15) is 31.0 Å². The number of imide groups is 1. The van der Waals surface area contributed by atoms with E-state index in [1.165, 1.54) is 18.9 Å². The van der Waals surface area contributed by atoms with Gasteiger partial charge < -0.3 is 58.7 Å². The van der Waals surface area contributed by atoms with Crippen molar-refractivity contribution in [3.05, 3.63) is 159 Å². The Bertz CT molecular complexity index is 4160. The van der Waals surface area contributed by atoms with Gasteiger partial charge in [0.25, 0.3) is 11.8 Å². The number of aliphatic carboxylic acids is 1. The highest BCUT2D eigenvalue weighted by atomic mass is 33.1. The highest BCUT2D eigenvalue weighted by Crippen LogP contribution is 2.59. The van der Waals surface area contributed by atoms with E-state index < -0.39 is 99.1 Å². The number of likely N-dealkylation sites (N-methyl/N-ethyl adjacent to an activating group) is 1. The number of benzene rings is 6. The topological polar surface area (TPSA) is 332 Å². The lowest BCUT2D eigenvalue weighted by Gasteiger charge is -2.60. The predicted octanol–water partition coefficient (Wildman–Crippen LogP) is 8.01. The van der Waals surface area contributed by atoms with Gasteiger partial charge >= 0.3 is 31.9 Å². The third-order valence-corrected chi connectivity index (χ3v) is 20.9. The maximum atomic E-state index is 15.6. The molecule has 2 bridgehead atoms. The molecular weight excluding hydrogens is 1300 g/mol. The van der Waals surface area contributed by atoms with Crippen LogP contribution in [0.3, 0.4) is 0 Å². The lowest BCUT2D eigenvalue weighted by atomic mass is 9.71. The second-order valence-electron chi connectivity index (χ2n) is 23.5. The Hall–Kier alpha value is -9.01. The third-order valence-electron chi connectivity index (χ3n) is 18.0. The Kier molecular flexibility index (Phi) is 19.5. The molecule has 6 aromatic rings. The number of amides is 5. The minimum Gasteiger partial charge on any atom is -0.493 e. The second kappa shape index (κ2) is 28.0. The van der Waals surface area contributed by atoms with Crippen molar-refractivity contribution in [2.45, 2.75) is 80.7 Å². The third kappa shape index (κ3) is 13.0. The molecule has 0 aromatic heterocycles. The number of phosphoric ester groups is 1. The Morgan fingerprint density at radius 2 is 1.49 bits per heavy atom. The lowest BCUT2D eigenvalue weighted by molar-refractivity contribution is -0.142. The number of rotatable bonds is 23. The molecule has 1 aliphatic carbocycles. The number of methoxy groups -OCH3 is 1. The summed E-state index contributed by atoms with van der Waals surface area (Å²) in [5.74, 6) is -3.15. The molecule has 29 heteroatoms. The number of esters is 1. The Morgan fingerprint density at radius 3 is 2.15 bits per heavy atom. The van der Waals surface area contributed by atoms with Crippen LogP contribution in [0.5, 0.6) is 28.7 Å². The van der Waals surface area contributed by atoms with Crippen LogP contribution in [0.1, 0.15) is 90.1 Å². The van der Waals surface area contributed by atoms with Crippen molar-refractivity contribution in [1.82, 2.24) is 25.3 Å². The molecule has 1 saturated heterocycles. The number of carboxylic acid groups (broad SMARTS) is 1. The zero-order valence-electron chi connectivity index (χ0n) is 52.5. The van der Waals surface area contributed by atoms with Gasteiger partial charge in [0.05, 0.1) is 61.8 Å². The van der Waals surface area contributed by atoms with E-state index in [1.54, 1.807) is 62.4 Å². The van der Waals surface area contributed by atoms with E-state index >= 15 is 4.79 Å². The minimum atomic E-state index is -4.88. The minimum absolute atomic E-state index is 0.0169. The van der Waals surface area contributed by atoms with Gasteiger partial charge in [-0.2, -0.15) is 5.26 Å². The summed E-state index contributed by atoms with van der Waals surface area (Å²) in [4.78, 5) is 122. The highest BCUT2D eigenvalue weighted by molar-refractivity contribution is 8.76. The number of ether oxygens (including phenoxy) is 7. The van der Waals surface area contributed by atoms with Crippen molar-refractivity contribution in [2.24, 2.45) is 0 Å². The predicted molar refractivity (Wildman–Crippen MR) is 347 cm³/mol. The standard InChI is InChI=1S/C67H66N7O19PS2/c1-35-26-38-27-49-51(29-68)74-50(28-45-56(61-60(89-34-90-61)36(2)59(45)92-37(3)75)52(74)30-73-64(79)43-18-10-11-19-44(43)65(73)80)57(71(49)4)55(38)62(58(35)86-5)93-67(82)72(23-25-87-32-54(76)77)48-20-12-13-21-53(48)96-95-33-47(63(78)69-22-24-91-94(83,84)85)70-66(81)88-31-46-41-16-8-6-14-39(41)40-15-7-9-17-42(40)46/h6-21,26,46-47,49-52,57H,22-25,27-28,30-34H2,1-5H3,(H,69,78)(H,70,81)(H,76,77)(H2,83,84,85). The van der Waals surface area contributed by atoms with Crippen LogP contribution in [0.2, 0.25) is 0 Å². The summed E-state index contributed by atoms with van der Waals surface area (Å²) >= 11 is 0. The molecule has 1 fully saturated rings. The first-order valence-corrected chi connectivity index (χ1v) is 34.5. The molecular formula is C67H66N7O19PS2. The summed E-state index contributed by atoms with van der Waals surface area (Å²) in [5.41, 5.74) is 7.86. The summed E-state index contributed by atoms with van der Waals surface area (Å²) in [6.07, 6.45) is -1.57. The number of fused-ring (bicyclic) bond motifs is 13. The summed E-state index contributed by atoms with van der Waals surface area (Å²) in [7, 11) is 0.630. The number of hydrogen-bond donors (Lipinski definition) is 5. The molecule has 6 aliphatic rings. The number of anilines is 1. The Balaban J connectivity index is 0.866. The van der Waals surface area contributed by atoms with E-state index in [9.17, 15) is 53.5 Å². The number of para-hydroxylation sites is 1. The monoisotopic (exact) mass is 1370 g/mol. The number of aryl methyl sites for hydroxylation is 1. The fourth-order valence-corrected chi connectivity index (χ4v) is 16.8. The van der Waals surface area contributed by atoms with E-state index in [0.29, 0.717) is 44.2 Å². The SMILES string of the molecule is COc1c(C)cc2c(c1OC(=O)N(CCOCC(=O)O)c1ccccc1SSCC(NC(=O)OCC1c3ccccc3-c3ccccc31)C(=O)NCCOP(=O)(O)O)C1C3Cc4c(OC(C)=O)c(C)c5c(c4C(CN4C(=O)c6ccccc6C4=O)N3C(C#N)C(C2)N1C)OCO5. The molecule has 5 heterocycles. The largest absolute Gasteiger partial charge is 0.493 e. The van der Waals surface area contributed by atoms with Crippen LogP contribution in [0.25, 0.3) is 11.1 Å². The number of alkyl carbamates (subject to hydrolysis) is 1. The fraction of sp³-hybridized carbons (Fsp3) is 0.343. The van der Waals surface area contributed by atoms with Gasteiger partial charge in [0.15, 0.2) is 23.0 Å². The highest BCUT2D eigenvalue weighted by Gasteiger charge is 2.58. The van der Waals surface area contributed by atoms with Gasteiger partial charge in [0, 0.05) is 70.9 Å². The number of nitrogens with zero attached hydrogens (tertiary/aromatic N) is 5. The fourth-order valence-electron chi connectivity index (χ4n) is 14.1. The van der Waals surface area contributed by atoms with Crippen LogP contribution in [-0.2, 0) is 45.8 Å². The van der Waals surface area contributed by atoms with Crippen molar-refractivity contribution in [1.29, 1.82) is 5.26 Å². The average molecular weight is 1370 g/mol.